The summed E-state index contributed by atoms with van der Waals surface area (Å²) in [6.07, 6.45) is -0.203. The van der Waals surface area contributed by atoms with Crippen molar-refractivity contribution in [3.63, 3.8) is 0 Å². The number of hydrogen-bond donors (Lipinski definition) is 1. The highest BCUT2D eigenvalue weighted by atomic mass is 35.5. The minimum Gasteiger partial charge on any atom is -0.486 e. The molecule has 138 valence electrons. The van der Waals surface area contributed by atoms with Gasteiger partial charge in [0.25, 0.3) is 0 Å². The predicted octanol–water partition coefficient (Wildman–Crippen LogP) is 4.27. The maximum Gasteiger partial charge on any atom is 0.317 e. The number of amides is 2. The average Bonchev–Trinajstić information content (AvgIpc) is 2.66. The highest BCUT2D eigenvalue weighted by molar-refractivity contribution is 6.31. The van der Waals surface area contributed by atoms with Crippen molar-refractivity contribution in [1.82, 2.24) is 10.2 Å². The maximum absolute atomic E-state index is 12.7. The molecule has 1 N–H and O–H groups in total. The Bertz CT molecular complexity index is 768. The molecule has 0 fully saturated rings. The molecule has 6 heteroatoms. The van der Waals surface area contributed by atoms with Crippen molar-refractivity contribution in [3.05, 3.63) is 59.1 Å². The lowest BCUT2D eigenvalue weighted by molar-refractivity contribution is 0.0672. The van der Waals surface area contributed by atoms with Crippen molar-refractivity contribution in [2.24, 2.45) is 0 Å². The van der Waals surface area contributed by atoms with Crippen molar-refractivity contribution >= 4 is 17.6 Å². The number of carbonyl (C=O) groups is 1. The van der Waals surface area contributed by atoms with Gasteiger partial charge in [-0.15, -0.1) is 0 Å². The van der Waals surface area contributed by atoms with Crippen LogP contribution in [0.15, 0.2) is 48.5 Å². The maximum atomic E-state index is 12.7. The number of likely N-dealkylation sites (N-methyl/N-ethyl adjacent to an activating group) is 1. The number of hydrogen-bond acceptors (Lipinski definition) is 3. The summed E-state index contributed by atoms with van der Waals surface area (Å²) in [5.74, 6) is 1.45. The van der Waals surface area contributed by atoms with Crippen LogP contribution in [0.4, 0.5) is 4.79 Å². The van der Waals surface area contributed by atoms with Crippen molar-refractivity contribution in [2.75, 3.05) is 19.7 Å². The summed E-state index contributed by atoms with van der Waals surface area (Å²) in [5, 5.41) is 3.65. The van der Waals surface area contributed by atoms with Gasteiger partial charge < -0.3 is 19.7 Å². The Morgan fingerprint density at radius 1 is 1.23 bits per heavy atom. The molecule has 0 saturated heterocycles. The predicted molar refractivity (Wildman–Crippen MR) is 102 cm³/mol. The third kappa shape index (κ3) is 4.22. The first-order valence-electron chi connectivity index (χ1n) is 8.76. The quantitative estimate of drug-likeness (QED) is 0.850. The van der Waals surface area contributed by atoms with Crippen LogP contribution in [0.5, 0.6) is 11.5 Å². The van der Waals surface area contributed by atoms with E-state index in [1.165, 1.54) is 0 Å². The monoisotopic (exact) mass is 374 g/mol. The van der Waals surface area contributed by atoms with Crippen LogP contribution in [-0.4, -0.2) is 36.7 Å². The number of fused-ring (bicyclic) bond motifs is 1. The van der Waals surface area contributed by atoms with Crippen LogP contribution in [0.2, 0.25) is 5.02 Å². The Hall–Kier alpha value is -2.40. The van der Waals surface area contributed by atoms with E-state index in [2.05, 4.69) is 5.32 Å². The van der Waals surface area contributed by atoms with E-state index in [0.29, 0.717) is 30.5 Å². The van der Waals surface area contributed by atoms with Crippen molar-refractivity contribution < 1.29 is 14.3 Å². The van der Waals surface area contributed by atoms with Crippen LogP contribution < -0.4 is 14.8 Å². The second-order valence-corrected chi connectivity index (χ2v) is 6.64. The summed E-state index contributed by atoms with van der Waals surface area (Å²) in [7, 11) is 0. The van der Waals surface area contributed by atoms with E-state index in [9.17, 15) is 4.79 Å². The Kier molecular flexibility index (Phi) is 5.89. The van der Waals surface area contributed by atoms with E-state index in [1.54, 1.807) is 4.90 Å². The molecule has 2 aromatic carbocycles. The van der Waals surface area contributed by atoms with Gasteiger partial charge in [0.2, 0.25) is 0 Å². The van der Waals surface area contributed by atoms with Crippen LogP contribution >= 0.6 is 11.6 Å². The number of urea groups is 1. The summed E-state index contributed by atoms with van der Waals surface area (Å²) in [5.41, 5.74) is 0.893. The lowest BCUT2D eigenvalue weighted by Gasteiger charge is -2.31. The normalized spacial score (nSPS) is 16.7. The van der Waals surface area contributed by atoms with E-state index >= 15 is 0 Å². The van der Waals surface area contributed by atoms with Gasteiger partial charge >= 0.3 is 6.03 Å². The van der Waals surface area contributed by atoms with E-state index < -0.39 is 0 Å². The largest absolute Gasteiger partial charge is 0.486 e. The number of para-hydroxylation sites is 2. The second-order valence-electron chi connectivity index (χ2n) is 6.23. The number of benzene rings is 2. The molecular weight excluding hydrogens is 352 g/mol. The van der Waals surface area contributed by atoms with Crippen molar-refractivity contribution in [2.45, 2.75) is 26.0 Å². The highest BCUT2D eigenvalue weighted by Crippen LogP contribution is 2.31. The van der Waals surface area contributed by atoms with Crippen molar-refractivity contribution in [1.29, 1.82) is 0 Å². The van der Waals surface area contributed by atoms with Gasteiger partial charge in [0.1, 0.15) is 6.61 Å². The van der Waals surface area contributed by atoms with Crippen LogP contribution in [0.1, 0.15) is 25.5 Å². The third-order valence-corrected chi connectivity index (χ3v) is 4.72. The van der Waals surface area contributed by atoms with Crippen LogP contribution in [-0.2, 0) is 0 Å². The Labute approximate surface area is 158 Å². The van der Waals surface area contributed by atoms with Gasteiger partial charge in [0.05, 0.1) is 12.6 Å². The summed E-state index contributed by atoms with van der Waals surface area (Å²) >= 11 is 6.22. The number of nitrogens with one attached hydrogen (secondary N) is 1. The average molecular weight is 375 g/mol. The lowest BCUT2D eigenvalue weighted by Crippen LogP contribution is -2.47. The molecular formula is C20H23ClN2O3. The van der Waals surface area contributed by atoms with Crippen molar-refractivity contribution in [3.8, 4) is 11.5 Å². The zero-order valence-corrected chi connectivity index (χ0v) is 15.7. The second kappa shape index (κ2) is 8.32. The molecule has 1 heterocycles. The third-order valence-electron chi connectivity index (χ3n) is 4.37. The van der Waals surface area contributed by atoms with Gasteiger partial charge in [-0.25, -0.2) is 4.79 Å². The van der Waals surface area contributed by atoms with Crippen LogP contribution in [0.3, 0.4) is 0 Å². The molecule has 2 aromatic rings. The molecule has 0 aromatic heterocycles. The minimum atomic E-state index is -0.203. The molecule has 0 aliphatic carbocycles. The van der Waals surface area contributed by atoms with E-state index in [1.807, 2.05) is 62.4 Å². The minimum absolute atomic E-state index is 0.151. The smallest absolute Gasteiger partial charge is 0.317 e. The number of halogens is 1. The summed E-state index contributed by atoms with van der Waals surface area (Å²) in [6.45, 7) is 5.30. The number of nitrogens with zero attached hydrogens (tertiary/aromatic N) is 1. The molecule has 2 atom stereocenters. The van der Waals surface area contributed by atoms with E-state index in [4.69, 9.17) is 21.1 Å². The molecule has 1 aliphatic rings. The fourth-order valence-corrected chi connectivity index (χ4v) is 3.23. The van der Waals surface area contributed by atoms with Crippen LogP contribution in [0, 0.1) is 0 Å². The highest BCUT2D eigenvalue weighted by Gasteiger charge is 2.25. The Balaban J connectivity index is 1.60. The molecule has 5 nitrogen and oxygen atoms in total. The zero-order chi connectivity index (χ0) is 18.5. The molecule has 26 heavy (non-hydrogen) atoms. The first kappa shape index (κ1) is 18.4. The molecule has 2 amide bonds. The zero-order valence-electron chi connectivity index (χ0n) is 14.9. The Morgan fingerprint density at radius 2 is 1.92 bits per heavy atom. The van der Waals surface area contributed by atoms with Gasteiger partial charge in [-0.1, -0.05) is 41.9 Å². The van der Waals surface area contributed by atoms with Gasteiger partial charge in [0, 0.05) is 11.6 Å². The number of ether oxygens (including phenoxy) is 2. The van der Waals surface area contributed by atoms with Crippen LogP contribution in [0.25, 0.3) is 0 Å². The van der Waals surface area contributed by atoms with Gasteiger partial charge in [-0.3, -0.25) is 0 Å². The van der Waals surface area contributed by atoms with Gasteiger partial charge in [0.15, 0.2) is 17.6 Å². The molecule has 0 spiro atoms. The van der Waals surface area contributed by atoms with E-state index in [0.717, 1.165) is 11.3 Å². The van der Waals surface area contributed by atoms with Gasteiger partial charge in [-0.2, -0.15) is 0 Å². The summed E-state index contributed by atoms with van der Waals surface area (Å²) < 4.78 is 11.7. The first-order chi connectivity index (χ1) is 12.6. The number of rotatable bonds is 5. The lowest BCUT2D eigenvalue weighted by atomic mass is 10.1. The first-order valence-corrected chi connectivity index (χ1v) is 9.14. The van der Waals surface area contributed by atoms with Gasteiger partial charge in [-0.05, 0) is 37.6 Å². The molecule has 0 bridgehead atoms. The fraction of sp³-hybridized carbons (Fsp3) is 0.350. The summed E-state index contributed by atoms with van der Waals surface area (Å²) in [4.78, 5) is 14.4. The standard InChI is InChI=1S/C20H23ClN2O3/c1-3-23(12-15-13-25-18-10-6-7-11-19(18)26-15)20(24)22-14(2)16-8-4-5-9-17(16)21/h4-11,14-15H,3,12-13H2,1-2H3,(H,22,24). The summed E-state index contributed by atoms with van der Waals surface area (Å²) in [6, 6.07) is 14.7. The molecule has 0 radical (unpaired) electrons. The SMILES string of the molecule is CCN(CC1COc2ccccc2O1)C(=O)NC(C)c1ccccc1Cl. The molecule has 1 aliphatic heterocycles. The fourth-order valence-electron chi connectivity index (χ4n) is 2.93. The van der Waals surface area contributed by atoms with E-state index in [-0.39, 0.29) is 18.2 Å². The molecule has 3 rings (SSSR count). The molecule has 2 unspecified atom stereocenters. The number of carbonyl (C=O) groups excluding carboxylic acids is 1. The molecule has 0 saturated carbocycles. The Morgan fingerprint density at radius 3 is 2.65 bits per heavy atom. The topological polar surface area (TPSA) is 50.8 Å².